The van der Waals surface area contributed by atoms with Crippen LogP contribution in [0.5, 0.6) is 5.75 Å². The zero-order valence-electron chi connectivity index (χ0n) is 12.3. The number of carbonyl (C=O) groups excluding carboxylic acids is 2. The van der Waals surface area contributed by atoms with Gasteiger partial charge in [0.05, 0.1) is 11.1 Å². The van der Waals surface area contributed by atoms with E-state index in [4.69, 9.17) is 11.6 Å². The lowest BCUT2D eigenvalue weighted by molar-refractivity contribution is -0.141. The van der Waals surface area contributed by atoms with E-state index in [-0.39, 0.29) is 0 Å². The minimum atomic E-state index is -4.78. The van der Waals surface area contributed by atoms with E-state index in [1.807, 2.05) is 0 Å². The van der Waals surface area contributed by atoms with Crippen LogP contribution >= 0.6 is 11.6 Å². The molecule has 1 amide bonds. The second kappa shape index (κ2) is 6.92. The lowest BCUT2D eigenvalue weighted by atomic mass is 10.1. The predicted molar refractivity (Wildman–Crippen MR) is 82.2 cm³/mol. The van der Waals surface area contributed by atoms with Gasteiger partial charge in [0, 0.05) is 17.6 Å². The van der Waals surface area contributed by atoms with Crippen molar-refractivity contribution in [2.24, 2.45) is 0 Å². The fraction of sp³-hybridized carbons (Fsp3) is 0.125. The van der Waals surface area contributed by atoms with Gasteiger partial charge in [-0.15, -0.1) is 0 Å². The molecule has 0 aromatic heterocycles. The Bertz CT molecular complexity index is 790. The van der Waals surface area contributed by atoms with Gasteiger partial charge in [0.15, 0.2) is 5.75 Å². The number of rotatable bonds is 3. The third-order valence-corrected chi connectivity index (χ3v) is 3.13. The standard InChI is InChI=1S/C16H11ClF3NO3/c1-9(22)24-14-12(6-3-7-13(14)16(18,19)20)15(23)21-11-5-2-4-10(17)8-11/h2-8H,1H3,(H,21,23). The van der Waals surface area contributed by atoms with Crippen molar-refractivity contribution >= 4 is 29.2 Å². The molecule has 0 radical (unpaired) electrons. The quantitative estimate of drug-likeness (QED) is 0.648. The number of hydrogen-bond acceptors (Lipinski definition) is 3. The minimum Gasteiger partial charge on any atom is -0.425 e. The van der Waals surface area contributed by atoms with Crippen molar-refractivity contribution < 1.29 is 27.5 Å². The lowest BCUT2D eigenvalue weighted by Crippen LogP contribution is -2.18. The summed E-state index contributed by atoms with van der Waals surface area (Å²) in [5.74, 6) is -2.67. The van der Waals surface area contributed by atoms with E-state index < -0.39 is 34.9 Å². The van der Waals surface area contributed by atoms with Gasteiger partial charge < -0.3 is 10.1 Å². The summed E-state index contributed by atoms with van der Waals surface area (Å²) in [5.41, 5.74) is -1.34. The molecule has 126 valence electrons. The van der Waals surface area contributed by atoms with Crippen LogP contribution in [0.1, 0.15) is 22.8 Å². The SMILES string of the molecule is CC(=O)Oc1c(C(=O)Nc2cccc(Cl)c2)cccc1C(F)(F)F. The molecule has 0 spiro atoms. The van der Waals surface area contributed by atoms with Crippen molar-refractivity contribution in [2.45, 2.75) is 13.1 Å². The van der Waals surface area contributed by atoms with Crippen molar-refractivity contribution in [1.82, 2.24) is 0 Å². The Morgan fingerprint density at radius 2 is 1.79 bits per heavy atom. The van der Waals surface area contributed by atoms with Crippen LogP contribution < -0.4 is 10.1 Å². The number of benzene rings is 2. The fourth-order valence-corrected chi connectivity index (χ4v) is 2.15. The van der Waals surface area contributed by atoms with Gasteiger partial charge in [-0.05, 0) is 30.3 Å². The van der Waals surface area contributed by atoms with Gasteiger partial charge in [-0.25, -0.2) is 0 Å². The minimum absolute atomic E-state index is 0.290. The fourth-order valence-electron chi connectivity index (χ4n) is 1.96. The number of esters is 1. The molecular weight excluding hydrogens is 347 g/mol. The number of amides is 1. The Morgan fingerprint density at radius 1 is 1.12 bits per heavy atom. The van der Waals surface area contributed by atoms with Crippen LogP contribution in [0.3, 0.4) is 0 Å². The Morgan fingerprint density at radius 3 is 2.38 bits per heavy atom. The molecule has 0 heterocycles. The molecule has 0 fully saturated rings. The first kappa shape index (κ1) is 17.8. The normalized spacial score (nSPS) is 11.0. The molecule has 0 unspecified atom stereocenters. The second-order valence-corrected chi connectivity index (χ2v) is 5.17. The maximum atomic E-state index is 13.1. The third-order valence-electron chi connectivity index (χ3n) is 2.89. The number of ether oxygens (including phenoxy) is 1. The largest absolute Gasteiger partial charge is 0.425 e. The van der Waals surface area contributed by atoms with Crippen molar-refractivity contribution in [2.75, 3.05) is 5.32 Å². The van der Waals surface area contributed by atoms with E-state index >= 15 is 0 Å². The topological polar surface area (TPSA) is 55.4 Å². The van der Waals surface area contributed by atoms with Crippen molar-refractivity contribution in [3.63, 3.8) is 0 Å². The average molecular weight is 358 g/mol. The summed E-state index contributed by atoms with van der Waals surface area (Å²) in [6.07, 6.45) is -4.78. The van der Waals surface area contributed by atoms with E-state index in [1.165, 1.54) is 12.1 Å². The Balaban J connectivity index is 2.44. The molecule has 0 aliphatic carbocycles. The van der Waals surface area contributed by atoms with E-state index in [9.17, 15) is 22.8 Å². The highest BCUT2D eigenvalue weighted by molar-refractivity contribution is 6.31. The molecule has 0 aliphatic rings. The molecule has 4 nitrogen and oxygen atoms in total. The van der Waals surface area contributed by atoms with E-state index in [1.54, 1.807) is 12.1 Å². The molecule has 2 aromatic rings. The van der Waals surface area contributed by atoms with Crippen LogP contribution in [0, 0.1) is 0 Å². The Labute approximate surface area is 140 Å². The summed E-state index contributed by atoms with van der Waals surface area (Å²) in [7, 11) is 0. The first-order valence-electron chi connectivity index (χ1n) is 6.64. The molecule has 8 heteroatoms. The number of para-hydroxylation sites is 1. The van der Waals surface area contributed by atoms with Crippen molar-refractivity contribution in [3.8, 4) is 5.75 Å². The molecule has 0 saturated carbocycles. The smallest absolute Gasteiger partial charge is 0.420 e. The molecule has 0 bridgehead atoms. The zero-order chi connectivity index (χ0) is 17.9. The average Bonchev–Trinajstić information content (AvgIpc) is 2.45. The van der Waals surface area contributed by atoms with Crippen LogP contribution in [0.25, 0.3) is 0 Å². The van der Waals surface area contributed by atoms with Gasteiger partial charge in [-0.3, -0.25) is 9.59 Å². The lowest BCUT2D eigenvalue weighted by Gasteiger charge is -2.15. The van der Waals surface area contributed by atoms with E-state index in [0.717, 1.165) is 25.1 Å². The van der Waals surface area contributed by atoms with Gasteiger partial charge in [0.1, 0.15) is 0 Å². The van der Waals surface area contributed by atoms with Gasteiger partial charge in [0.25, 0.3) is 5.91 Å². The molecule has 2 rings (SSSR count). The van der Waals surface area contributed by atoms with Gasteiger partial charge in [-0.1, -0.05) is 23.7 Å². The first-order valence-corrected chi connectivity index (χ1v) is 7.02. The number of carbonyl (C=O) groups is 2. The summed E-state index contributed by atoms with van der Waals surface area (Å²) in [5, 5.41) is 2.75. The summed E-state index contributed by atoms with van der Waals surface area (Å²) >= 11 is 5.79. The van der Waals surface area contributed by atoms with E-state index in [2.05, 4.69) is 10.1 Å². The molecule has 2 aromatic carbocycles. The van der Waals surface area contributed by atoms with Gasteiger partial charge >= 0.3 is 12.1 Å². The zero-order valence-corrected chi connectivity index (χ0v) is 13.0. The summed E-state index contributed by atoms with van der Waals surface area (Å²) < 4.78 is 43.9. The number of anilines is 1. The Hall–Kier alpha value is -2.54. The maximum absolute atomic E-state index is 13.1. The summed E-state index contributed by atoms with van der Waals surface area (Å²) in [4.78, 5) is 23.4. The second-order valence-electron chi connectivity index (χ2n) is 4.74. The van der Waals surface area contributed by atoms with Crippen molar-refractivity contribution in [3.05, 3.63) is 58.6 Å². The van der Waals surface area contributed by atoms with Crippen LogP contribution in [-0.2, 0) is 11.0 Å². The number of hydrogen-bond donors (Lipinski definition) is 1. The van der Waals surface area contributed by atoms with Gasteiger partial charge in [0.2, 0.25) is 0 Å². The molecule has 1 N–H and O–H groups in total. The van der Waals surface area contributed by atoms with Crippen LogP contribution in [0.15, 0.2) is 42.5 Å². The van der Waals surface area contributed by atoms with E-state index in [0.29, 0.717) is 10.7 Å². The monoisotopic (exact) mass is 357 g/mol. The number of alkyl halides is 3. The summed E-state index contributed by atoms with van der Waals surface area (Å²) in [6.45, 7) is 0.950. The molecular formula is C16H11ClF3NO3. The highest BCUT2D eigenvalue weighted by atomic mass is 35.5. The predicted octanol–water partition coefficient (Wildman–Crippen LogP) is 4.54. The van der Waals surface area contributed by atoms with Crippen LogP contribution in [-0.4, -0.2) is 11.9 Å². The third kappa shape index (κ3) is 4.26. The maximum Gasteiger partial charge on any atom is 0.420 e. The molecule has 0 saturated heterocycles. The number of nitrogens with one attached hydrogen (secondary N) is 1. The van der Waals surface area contributed by atoms with Crippen LogP contribution in [0.2, 0.25) is 5.02 Å². The molecule has 0 atom stereocenters. The van der Waals surface area contributed by atoms with Gasteiger partial charge in [-0.2, -0.15) is 13.2 Å². The molecule has 0 aliphatic heterocycles. The number of halogens is 4. The van der Waals surface area contributed by atoms with Crippen LogP contribution in [0.4, 0.5) is 18.9 Å². The first-order chi connectivity index (χ1) is 11.2. The summed E-state index contributed by atoms with van der Waals surface area (Å²) in [6, 6.07) is 9.01. The Kier molecular flexibility index (Phi) is 5.14. The highest BCUT2D eigenvalue weighted by Crippen LogP contribution is 2.38. The highest BCUT2D eigenvalue weighted by Gasteiger charge is 2.36. The van der Waals surface area contributed by atoms with Crippen molar-refractivity contribution in [1.29, 1.82) is 0 Å². The molecule has 24 heavy (non-hydrogen) atoms.